The van der Waals surface area contributed by atoms with Crippen molar-refractivity contribution in [3.8, 4) is 0 Å². The van der Waals surface area contributed by atoms with Gasteiger partial charge in [-0.15, -0.1) is 0 Å². The summed E-state index contributed by atoms with van der Waals surface area (Å²) in [4.78, 5) is 4.33. The summed E-state index contributed by atoms with van der Waals surface area (Å²) in [6.07, 6.45) is 0. The Kier molecular flexibility index (Phi) is 3.22. The van der Waals surface area contributed by atoms with Crippen LogP contribution < -0.4 is 5.73 Å². The topological polar surface area (TPSA) is 43.8 Å². The fraction of sp³-hybridized carbons (Fsp3) is 0.133. The van der Waals surface area contributed by atoms with E-state index in [9.17, 15) is 4.39 Å². The molecule has 2 N–H and O–H groups in total. The Morgan fingerprint density at radius 3 is 2.75 bits per heavy atom. The second-order valence-corrected chi connectivity index (χ2v) is 5.59. The summed E-state index contributed by atoms with van der Waals surface area (Å²) in [6, 6.07) is 12.2. The fourth-order valence-corrected chi connectivity index (χ4v) is 2.79. The molecule has 3 rings (SSSR count). The van der Waals surface area contributed by atoms with E-state index in [1.54, 1.807) is 12.1 Å². The minimum Gasteiger partial charge on any atom is -0.369 e. The standard InChI is InChI=1S/C15H13BrFN3/c1-9(11-4-2-3-5-12(11)17)20-14-8-10(16)6-7-13(14)19-15(20)18/h2-9H,1H3,(H2,18,19). The normalized spacial score (nSPS) is 12.8. The van der Waals surface area contributed by atoms with Crippen molar-refractivity contribution in [3.05, 3.63) is 58.3 Å². The molecule has 1 unspecified atom stereocenters. The zero-order valence-corrected chi connectivity index (χ0v) is 12.4. The largest absolute Gasteiger partial charge is 0.369 e. The van der Waals surface area contributed by atoms with Crippen LogP contribution in [-0.4, -0.2) is 9.55 Å². The van der Waals surface area contributed by atoms with Crippen LogP contribution in [0.4, 0.5) is 10.3 Å². The lowest BCUT2D eigenvalue weighted by Gasteiger charge is -2.17. The molecule has 102 valence electrons. The monoisotopic (exact) mass is 333 g/mol. The highest BCUT2D eigenvalue weighted by atomic mass is 79.9. The summed E-state index contributed by atoms with van der Waals surface area (Å²) in [5.41, 5.74) is 8.28. The van der Waals surface area contributed by atoms with Crippen LogP contribution in [0, 0.1) is 5.82 Å². The summed E-state index contributed by atoms with van der Waals surface area (Å²) in [5.74, 6) is 0.144. The summed E-state index contributed by atoms with van der Waals surface area (Å²) >= 11 is 3.44. The maximum absolute atomic E-state index is 14.0. The van der Waals surface area contributed by atoms with Crippen molar-refractivity contribution in [3.63, 3.8) is 0 Å². The molecule has 5 heteroatoms. The number of hydrogen-bond donors (Lipinski definition) is 1. The van der Waals surface area contributed by atoms with Crippen LogP contribution in [0.5, 0.6) is 0 Å². The zero-order chi connectivity index (χ0) is 14.3. The molecule has 3 aromatic rings. The number of imidazole rings is 1. The molecule has 0 bridgehead atoms. The first-order chi connectivity index (χ1) is 9.58. The summed E-state index contributed by atoms with van der Waals surface area (Å²) in [6.45, 7) is 1.91. The number of anilines is 1. The van der Waals surface area contributed by atoms with Crippen LogP contribution >= 0.6 is 15.9 Å². The number of benzene rings is 2. The number of nitrogens with zero attached hydrogens (tertiary/aromatic N) is 2. The number of fused-ring (bicyclic) bond motifs is 1. The molecular formula is C15H13BrFN3. The van der Waals surface area contributed by atoms with E-state index in [-0.39, 0.29) is 11.9 Å². The fourth-order valence-electron chi connectivity index (χ4n) is 2.44. The van der Waals surface area contributed by atoms with E-state index in [0.29, 0.717) is 11.5 Å². The second kappa shape index (κ2) is 4.90. The van der Waals surface area contributed by atoms with E-state index in [1.807, 2.05) is 35.8 Å². The van der Waals surface area contributed by atoms with Gasteiger partial charge in [-0.2, -0.15) is 0 Å². The van der Waals surface area contributed by atoms with Gasteiger partial charge in [-0.05, 0) is 31.2 Å². The molecule has 1 heterocycles. The molecular weight excluding hydrogens is 321 g/mol. The van der Waals surface area contributed by atoms with Crippen molar-refractivity contribution in [2.45, 2.75) is 13.0 Å². The maximum Gasteiger partial charge on any atom is 0.201 e. The SMILES string of the molecule is CC(c1ccccc1F)n1c(N)nc2ccc(Br)cc21. The number of nitrogens with two attached hydrogens (primary N) is 1. The molecule has 0 amide bonds. The van der Waals surface area contributed by atoms with Crippen LogP contribution in [0.2, 0.25) is 0 Å². The Hall–Kier alpha value is -1.88. The maximum atomic E-state index is 14.0. The van der Waals surface area contributed by atoms with Gasteiger partial charge in [-0.1, -0.05) is 34.1 Å². The Labute approximate surface area is 124 Å². The van der Waals surface area contributed by atoms with Crippen molar-refractivity contribution in [2.24, 2.45) is 0 Å². The van der Waals surface area contributed by atoms with E-state index < -0.39 is 0 Å². The zero-order valence-electron chi connectivity index (χ0n) is 10.8. The van der Waals surface area contributed by atoms with Crippen molar-refractivity contribution in [1.82, 2.24) is 9.55 Å². The minimum absolute atomic E-state index is 0.226. The molecule has 20 heavy (non-hydrogen) atoms. The van der Waals surface area contributed by atoms with Crippen molar-refractivity contribution >= 4 is 32.9 Å². The van der Waals surface area contributed by atoms with Gasteiger partial charge in [-0.3, -0.25) is 0 Å². The number of aromatic nitrogens is 2. The number of halogens is 2. The van der Waals surface area contributed by atoms with E-state index in [0.717, 1.165) is 15.5 Å². The summed E-state index contributed by atoms with van der Waals surface area (Å²) < 4.78 is 16.7. The summed E-state index contributed by atoms with van der Waals surface area (Å²) in [5, 5.41) is 0. The average molecular weight is 334 g/mol. The van der Waals surface area contributed by atoms with Crippen molar-refractivity contribution in [1.29, 1.82) is 0 Å². The van der Waals surface area contributed by atoms with E-state index >= 15 is 0 Å². The third-order valence-electron chi connectivity index (χ3n) is 3.42. The molecule has 2 aromatic carbocycles. The third-order valence-corrected chi connectivity index (χ3v) is 3.91. The summed E-state index contributed by atoms with van der Waals surface area (Å²) in [7, 11) is 0. The van der Waals surface area contributed by atoms with Gasteiger partial charge in [0.05, 0.1) is 17.1 Å². The van der Waals surface area contributed by atoms with Gasteiger partial charge in [0.2, 0.25) is 5.95 Å². The number of hydrogen-bond acceptors (Lipinski definition) is 2. The van der Waals surface area contributed by atoms with Gasteiger partial charge in [0.25, 0.3) is 0 Å². The van der Waals surface area contributed by atoms with E-state index in [4.69, 9.17) is 5.73 Å². The molecule has 0 aliphatic carbocycles. The lowest BCUT2D eigenvalue weighted by molar-refractivity contribution is 0.567. The first kappa shape index (κ1) is 13.1. The highest BCUT2D eigenvalue weighted by Gasteiger charge is 2.18. The molecule has 0 aliphatic rings. The Balaban J connectivity index is 2.21. The molecule has 3 nitrogen and oxygen atoms in total. The molecule has 0 saturated heterocycles. The Bertz CT molecular complexity index is 782. The lowest BCUT2D eigenvalue weighted by atomic mass is 10.1. The van der Waals surface area contributed by atoms with Gasteiger partial charge in [0.1, 0.15) is 5.82 Å². The second-order valence-electron chi connectivity index (χ2n) is 4.67. The number of rotatable bonds is 2. The molecule has 0 aliphatic heterocycles. The van der Waals surface area contributed by atoms with E-state index in [2.05, 4.69) is 20.9 Å². The predicted octanol–water partition coefficient (Wildman–Crippen LogP) is 4.13. The van der Waals surface area contributed by atoms with Crippen LogP contribution in [-0.2, 0) is 0 Å². The van der Waals surface area contributed by atoms with Gasteiger partial charge >= 0.3 is 0 Å². The van der Waals surface area contributed by atoms with Crippen molar-refractivity contribution < 1.29 is 4.39 Å². The molecule has 0 saturated carbocycles. The van der Waals surface area contributed by atoms with Gasteiger partial charge < -0.3 is 10.3 Å². The van der Waals surface area contributed by atoms with Crippen LogP contribution in [0.3, 0.4) is 0 Å². The van der Waals surface area contributed by atoms with Crippen LogP contribution in [0.1, 0.15) is 18.5 Å². The van der Waals surface area contributed by atoms with Crippen LogP contribution in [0.15, 0.2) is 46.9 Å². The molecule has 0 radical (unpaired) electrons. The molecule has 1 atom stereocenters. The predicted molar refractivity (Wildman–Crippen MR) is 82.1 cm³/mol. The molecule has 1 aromatic heterocycles. The Morgan fingerprint density at radius 2 is 2.00 bits per heavy atom. The van der Waals surface area contributed by atoms with Gasteiger partial charge in [0.15, 0.2) is 0 Å². The Morgan fingerprint density at radius 1 is 1.25 bits per heavy atom. The van der Waals surface area contributed by atoms with Crippen molar-refractivity contribution in [2.75, 3.05) is 5.73 Å². The van der Waals surface area contributed by atoms with Gasteiger partial charge in [-0.25, -0.2) is 9.37 Å². The third kappa shape index (κ3) is 2.08. The highest BCUT2D eigenvalue weighted by molar-refractivity contribution is 9.10. The first-order valence-corrected chi connectivity index (χ1v) is 7.04. The molecule has 0 fully saturated rings. The first-order valence-electron chi connectivity index (χ1n) is 6.25. The lowest BCUT2D eigenvalue weighted by Crippen LogP contribution is -2.11. The minimum atomic E-state index is -0.240. The van der Waals surface area contributed by atoms with E-state index in [1.165, 1.54) is 6.07 Å². The highest BCUT2D eigenvalue weighted by Crippen LogP contribution is 2.30. The smallest absolute Gasteiger partial charge is 0.201 e. The average Bonchev–Trinajstić information content (AvgIpc) is 2.74. The molecule has 0 spiro atoms. The number of nitrogen functional groups attached to an aromatic ring is 1. The quantitative estimate of drug-likeness (QED) is 0.766. The van der Waals surface area contributed by atoms with Gasteiger partial charge in [0, 0.05) is 10.0 Å². The van der Waals surface area contributed by atoms with Crippen LogP contribution in [0.25, 0.3) is 11.0 Å².